The van der Waals surface area contributed by atoms with Crippen molar-refractivity contribution < 1.29 is 9.21 Å². The summed E-state index contributed by atoms with van der Waals surface area (Å²) in [7, 11) is 1.82. The summed E-state index contributed by atoms with van der Waals surface area (Å²) in [6.45, 7) is 4.54. The summed E-state index contributed by atoms with van der Waals surface area (Å²) in [4.78, 5) is 16.5. The van der Waals surface area contributed by atoms with Crippen LogP contribution in [0.3, 0.4) is 0 Å². The minimum absolute atomic E-state index is 0. The number of carbonyl (C=O) groups is 1. The van der Waals surface area contributed by atoms with Crippen LogP contribution < -0.4 is 10.6 Å². The molecule has 1 aliphatic rings. The average Bonchev–Trinajstić information content (AvgIpc) is 3.19. The minimum atomic E-state index is -0.178. The molecule has 1 atom stereocenters. The van der Waals surface area contributed by atoms with E-state index in [9.17, 15) is 4.79 Å². The minimum Gasteiger partial charge on any atom is -0.440 e. The highest BCUT2D eigenvalue weighted by Crippen LogP contribution is 2.21. The molecule has 126 valence electrons. The van der Waals surface area contributed by atoms with Crippen LogP contribution in [0.5, 0.6) is 0 Å². The van der Waals surface area contributed by atoms with Gasteiger partial charge in [-0.1, -0.05) is 0 Å². The Balaban J connectivity index is 0.00000192. The Bertz CT molecular complexity index is 661. The van der Waals surface area contributed by atoms with Gasteiger partial charge in [0, 0.05) is 19.8 Å². The van der Waals surface area contributed by atoms with Crippen molar-refractivity contribution in [2.24, 2.45) is 13.0 Å². The highest BCUT2D eigenvalue weighted by molar-refractivity contribution is 5.93. The molecule has 3 heterocycles. The van der Waals surface area contributed by atoms with Crippen molar-refractivity contribution >= 4 is 18.3 Å². The number of amides is 1. The topological polar surface area (TPSA) is 85.0 Å². The smallest absolute Gasteiger partial charge is 0.273 e. The fourth-order valence-corrected chi connectivity index (χ4v) is 2.70. The molecule has 2 aromatic heterocycles. The molecule has 0 bridgehead atoms. The number of rotatable bonds is 5. The second kappa shape index (κ2) is 7.61. The molecule has 7 nitrogen and oxygen atoms in total. The van der Waals surface area contributed by atoms with Gasteiger partial charge in [-0.05, 0) is 38.8 Å². The predicted molar refractivity (Wildman–Crippen MR) is 88.6 cm³/mol. The molecule has 23 heavy (non-hydrogen) atoms. The van der Waals surface area contributed by atoms with E-state index in [0.717, 1.165) is 25.1 Å². The van der Waals surface area contributed by atoms with Gasteiger partial charge in [0.15, 0.2) is 5.69 Å². The van der Waals surface area contributed by atoms with Gasteiger partial charge >= 0.3 is 0 Å². The van der Waals surface area contributed by atoms with Crippen LogP contribution in [0.1, 0.15) is 29.1 Å². The van der Waals surface area contributed by atoms with Gasteiger partial charge in [0.2, 0.25) is 5.89 Å². The van der Waals surface area contributed by atoms with E-state index in [1.807, 2.05) is 7.05 Å². The zero-order valence-electron chi connectivity index (χ0n) is 13.3. The van der Waals surface area contributed by atoms with Crippen LogP contribution in [-0.4, -0.2) is 40.3 Å². The molecule has 0 spiro atoms. The third-order valence-corrected chi connectivity index (χ3v) is 3.96. The molecule has 8 heteroatoms. The standard InChI is InChI=1S/C15H21N5O2.ClH/c1-10-13(14(21)17-6-4-11-3-5-16-7-11)19-15(22-10)12-8-18-20(2)9-12;/h8-9,11,16H,3-7H2,1-2H3,(H,17,21);1H. The highest BCUT2D eigenvalue weighted by Gasteiger charge is 2.19. The second-order valence-electron chi connectivity index (χ2n) is 5.73. The average molecular weight is 340 g/mol. The number of nitrogens with one attached hydrogen (secondary N) is 2. The van der Waals surface area contributed by atoms with Gasteiger partial charge in [-0.25, -0.2) is 4.98 Å². The van der Waals surface area contributed by atoms with Gasteiger partial charge in [0.1, 0.15) is 5.76 Å². The number of oxazole rings is 1. The first-order valence-electron chi connectivity index (χ1n) is 7.59. The summed E-state index contributed by atoms with van der Waals surface area (Å²) in [5.74, 6) is 1.43. The fraction of sp³-hybridized carbons (Fsp3) is 0.533. The summed E-state index contributed by atoms with van der Waals surface area (Å²) in [5.41, 5.74) is 1.12. The van der Waals surface area contributed by atoms with Crippen molar-refractivity contribution in [2.45, 2.75) is 19.8 Å². The Kier molecular flexibility index (Phi) is 5.79. The molecule has 1 saturated heterocycles. The van der Waals surface area contributed by atoms with Crippen LogP contribution >= 0.6 is 12.4 Å². The number of carbonyl (C=O) groups excluding carboxylic acids is 1. The molecule has 0 radical (unpaired) electrons. The number of aromatic nitrogens is 3. The molecule has 0 aromatic carbocycles. The molecular formula is C15H22ClN5O2. The summed E-state index contributed by atoms with van der Waals surface area (Å²) in [6.07, 6.45) is 5.65. The van der Waals surface area contributed by atoms with E-state index in [2.05, 4.69) is 20.7 Å². The molecule has 1 amide bonds. The maximum Gasteiger partial charge on any atom is 0.273 e. The fourth-order valence-electron chi connectivity index (χ4n) is 2.70. The van der Waals surface area contributed by atoms with E-state index in [-0.39, 0.29) is 18.3 Å². The Labute approximate surface area is 141 Å². The van der Waals surface area contributed by atoms with Crippen molar-refractivity contribution in [1.82, 2.24) is 25.4 Å². The van der Waals surface area contributed by atoms with Crippen molar-refractivity contribution in [2.75, 3.05) is 19.6 Å². The zero-order valence-corrected chi connectivity index (χ0v) is 14.2. The Morgan fingerprint density at radius 2 is 2.39 bits per heavy atom. The first-order chi connectivity index (χ1) is 10.6. The van der Waals surface area contributed by atoms with Gasteiger partial charge in [0.25, 0.3) is 5.91 Å². The third-order valence-electron chi connectivity index (χ3n) is 3.96. The number of halogens is 1. The van der Waals surface area contributed by atoms with Crippen LogP contribution in [0.25, 0.3) is 11.5 Å². The number of nitrogens with zero attached hydrogens (tertiary/aromatic N) is 3. The lowest BCUT2D eigenvalue weighted by Crippen LogP contribution is -2.27. The largest absolute Gasteiger partial charge is 0.440 e. The van der Waals surface area contributed by atoms with Crippen LogP contribution in [0.2, 0.25) is 0 Å². The molecular weight excluding hydrogens is 318 g/mol. The van der Waals surface area contributed by atoms with Gasteiger partial charge < -0.3 is 15.1 Å². The van der Waals surface area contributed by atoms with E-state index >= 15 is 0 Å². The first-order valence-corrected chi connectivity index (χ1v) is 7.59. The zero-order chi connectivity index (χ0) is 15.5. The lowest BCUT2D eigenvalue weighted by Gasteiger charge is -2.08. The van der Waals surface area contributed by atoms with Crippen LogP contribution in [0.15, 0.2) is 16.8 Å². The van der Waals surface area contributed by atoms with E-state index in [1.165, 1.54) is 6.42 Å². The molecule has 1 unspecified atom stereocenters. The van der Waals surface area contributed by atoms with Gasteiger partial charge in [-0.3, -0.25) is 9.48 Å². The van der Waals surface area contributed by atoms with Crippen molar-refractivity contribution in [3.8, 4) is 11.5 Å². The first kappa shape index (κ1) is 17.5. The monoisotopic (exact) mass is 339 g/mol. The van der Waals surface area contributed by atoms with E-state index < -0.39 is 0 Å². The van der Waals surface area contributed by atoms with Gasteiger partial charge in [-0.2, -0.15) is 5.10 Å². The molecule has 1 fully saturated rings. The third kappa shape index (κ3) is 4.11. The lowest BCUT2D eigenvalue weighted by atomic mass is 10.1. The summed E-state index contributed by atoms with van der Waals surface area (Å²) in [6, 6.07) is 0. The molecule has 1 aliphatic heterocycles. The molecule has 0 saturated carbocycles. The molecule has 2 N–H and O–H groups in total. The highest BCUT2D eigenvalue weighted by atomic mass is 35.5. The normalized spacial score (nSPS) is 17.0. The van der Waals surface area contributed by atoms with Crippen molar-refractivity contribution in [3.05, 3.63) is 23.8 Å². The maximum atomic E-state index is 12.2. The van der Waals surface area contributed by atoms with Crippen LogP contribution in [-0.2, 0) is 7.05 Å². The summed E-state index contributed by atoms with van der Waals surface area (Å²) in [5, 5.41) is 10.3. The molecule has 3 rings (SSSR count). The Morgan fingerprint density at radius 1 is 1.57 bits per heavy atom. The van der Waals surface area contributed by atoms with Crippen LogP contribution in [0, 0.1) is 12.8 Å². The van der Waals surface area contributed by atoms with E-state index in [4.69, 9.17) is 4.42 Å². The molecule has 0 aliphatic carbocycles. The maximum absolute atomic E-state index is 12.2. The van der Waals surface area contributed by atoms with E-state index in [1.54, 1.807) is 24.0 Å². The summed E-state index contributed by atoms with van der Waals surface area (Å²) < 4.78 is 7.25. The number of hydrogen-bond acceptors (Lipinski definition) is 5. The van der Waals surface area contributed by atoms with Crippen molar-refractivity contribution in [3.63, 3.8) is 0 Å². The van der Waals surface area contributed by atoms with E-state index in [0.29, 0.717) is 29.8 Å². The number of aryl methyl sites for hydroxylation is 2. The quantitative estimate of drug-likeness (QED) is 0.863. The van der Waals surface area contributed by atoms with Gasteiger partial charge in [-0.15, -0.1) is 12.4 Å². The summed E-state index contributed by atoms with van der Waals surface area (Å²) >= 11 is 0. The Hall–Kier alpha value is -1.86. The SMILES string of the molecule is Cc1oc(-c2cnn(C)c2)nc1C(=O)NCCC1CCNC1.Cl. The molecule has 2 aromatic rings. The van der Waals surface area contributed by atoms with Crippen molar-refractivity contribution in [1.29, 1.82) is 0 Å². The number of hydrogen-bond donors (Lipinski definition) is 2. The Morgan fingerprint density at radius 3 is 3.04 bits per heavy atom. The predicted octanol–water partition coefficient (Wildman–Crippen LogP) is 1.53. The second-order valence-corrected chi connectivity index (χ2v) is 5.73. The van der Waals surface area contributed by atoms with Crippen LogP contribution in [0.4, 0.5) is 0 Å². The van der Waals surface area contributed by atoms with Gasteiger partial charge in [0.05, 0.1) is 11.8 Å². The lowest BCUT2D eigenvalue weighted by molar-refractivity contribution is 0.0946.